The molecule has 0 amide bonds. The monoisotopic (exact) mass is 427 g/mol. The first kappa shape index (κ1) is 20.0. The van der Waals surface area contributed by atoms with Gasteiger partial charge in [-0.15, -0.1) is 0 Å². The van der Waals surface area contributed by atoms with Crippen molar-refractivity contribution in [2.75, 3.05) is 0 Å². The van der Waals surface area contributed by atoms with E-state index in [4.69, 9.17) is 4.74 Å². The van der Waals surface area contributed by atoms with Gasteiger partial charge in [-0.1, -0.05) is 43.3 Å². The maximum absolute atomic E-state index is 12.9. The summed E-state index contributed by atoms with van der Waals surface area (Å²) in [5, 5.41) is 2.62. The van der Waals surface area contributed by atoms with E-state index in [1.54, 1.807) is 0 Å². The molecule has 1 aliphatic rings. The molecule has 0 bridgehead atoms. The van der Waals surface area contributed by atoms with Crippen LogP contribution in [0.2, 0.25) is 0 Å². The topological polar surface area (TPSA) is 26.3 Å². The highest BCUT2D eigenvalue weighted by molar-refractivity contribution is 7.50. The molecule has 1 heterocycles. The molecule has 31 heavy (non-hydrogen) atoms. The molecule has 0 N–H and O–H groups in total. The minimum absolute atomic E-state index is 0.148. The van der Waals surface area contributed by atoms with Gasteiger partial charge < -0.3 is 4.74 Å². The molecule has 4 aromatic rings. The number of esters is 1. The van der Waals surface area contributed by atoms with Crippen molar-refractivity contribution in [3.8, 4) is 4.90 Å². The molecular formula is C28H27O2S+. The Hall–Kier alpha value is -2.91. The summed E-state index contributed by atoms with van der Waals surface area (Å²) >= 11 is 0. The fourth-order valence-corrected chi connectivity index (χ4v) is 6.98. The minimum Gasteiger partial charge on any atom is -0.455 e. The highest BCUT2D eigenvalue weighted by atomic mass is 32.2. The second-order valence-corrected chi connectivity index (χ2v) is 11.0. The SMILES string of the molecule is CC1C=CC(C(C)(C)OC(=O)c2ccc(-[s+]3c4ccccc4c4ccccc43)cc2)C1. The standard InChI is InChI=1S/C28H27O2S/c1-19-12-15-21(18-19)28(2,3)30-27(29)20-13-16-22(17-14-20)31-25-10-6-4-8-23(25)24-9-5-7-11-26(24)31/h4-17,19,21H,18H2,1-3H3/q+1. The number of hydrogen-bond donors (Lipinski definition) is 0. The van der Waals surface area contributed by atoms with Gasteiger partial charge in [0.1, 0.15) is 5.60 Å². The van der Waals surface area contributed by atoms with Crippen LogP contribution in [0.15, 0.2) is 84.9 Å². The molecule has 0 fully saturated rings. The third-order valence-corrected chi connectivity index (χ3v) is 8.71. The largest absolute Gasteiger partial charge is 0.455 e. The maximum Gasteiger partial charge on any atom is 0.338 e. The fourth-order valence-electron chi connectivity index (χ4n) is 4.60. The predicted octanol–water partition coefficient (Wildman–Crippen LogP) is 7.88. The van der Waals surface area contributed by atoms with Gasteiger partial charge in [-0.3, -0.25) is 0 Å². The molecule has 1 aromatic heterocycles. The van der Waals surface area contributed by atoms with Crippen molar-refractivity contribution in [1.29, 1.82) is 0 Å². The zero-order valence-electron chi connectivity index (χ0n) is 18.2. The van der Waals surface area contributed by atoms with Crippen molar-refractivity contribution in [2.45, 2.75) is 32.8 Å². The lowest BCUT2D eigenvalue weighted by molar-refractivity contribution is -0.0211. The van der Waals surface area contributed by atoms with E-state index in [-0.39, 0.29) is 22.4 Å². The van der Waals surface area contributed by atoms with E-state index >= 15 is 0 Å². The minimum atomic E-state index is -0.512. The summed E-state index contributed by atoms with van der Waals surface area (Å²) in [5.74, 6) is 0.555. The Morgan fingerprint density at radius 2 is 1.45 bits per heavy atom. The third-order valence-electron chi connectivity index (χ3n) is 6.38. The normalized spacial score (nSPS) is 18.7. The van der Waals surface area contributed by atoms with Gasteiger partial charge in [0.15, 0.2) is 14.3 Å². The number of thiophene rings is 1. The molecule has 0 spiro atoms. The summed E-state index contributed by atoms with van der Waals surface area (Å²) in [6.07, 6.45) is 5.44. The van der Waals surface area contributed by atoms with Gasteiger partial charge >= 0.3 is 5.97 Å². The zero-order chi connectivity index (χ0) is 21.6. The lowest BCUT2D eigenvalue weighted by Gasteiger charge is -2.31. The Kier molecular flexibility index (Phi) is 4.94. The van der Waals surface area contributed by atoms with Crippen LogP contribution in [0.4, 0.5) is 0 Å². The molecule has 0 saturated carbocycles. The van der Waals surface area contributed by atoms with Crippen LogP contribution in [0, 0.1) is 11.8 Å². The first-order chi connectivity index (χ1) is 14.9. The van der Waals surface area contributed by atoms with Crippen molar-refractivity contribution < 1.29 is 9.53 Å². The molecular weight excluding hydrogens is 400 g/mol. The number of carbonyl (C=O) groups excluding carboxylic acids is 1. The summed E-state index contributed by atoms with van der Waals surface area (Å²) in [7, 11) is -0.148. The van der Waals surface area contributed by atoms with Gasteiger partial charge in [0.25, 0.3) is 0 Å². The zero-order valence-corrected chi connectivity index (χ0v) is 19.0. The van der Waals surface area contributed by atoms with Gasteiger partial charge in [-0.05, 0) is 74.7 Å². The van der Waals surface area contributed by atoms with Gasteiger partial charge in [-0.2, -0.15) is 0 Å². The summed E-state index contributed by atoms with van der Waals surface area (Å²) in [6.45, 7) is 6.23. The van der Waals surface area contributed by atoms with Crippen LogP contribution in [0.25, 0.3) is 25.1 Å². The van der Waals surface area contributed by atoms with Crippen molar-refractivity contribution in [3.05, 3.63) is 90.5 Å². The van der Waals surface area contributed by atoms with E-state index in [0.717, 1.165) is 6.42 Å². The summed E-state index contributed by atoms with van der Waals surface area (Å²) in [5.41, 5.74) is 0.0958. The van der Waals surface area contributed by atoms with Crippen molar-refractivity contribution in [3.63, 3.8) is 0 Å². The number of ether oxygens (including phenoxy) is 1. The lowest BCUT2D eigenvalue weighted by atomic mass is 9.88. The van der Waals surface area contributed by atoms with Gasteiger partial charge in [0.05, 0.1) is 5.56 Å². The molecule has 0 radical (unpaired) electrons. The average Bonchev–Trinajstić information content (AvgIpc) is 3.36. The Labute approximate surface area is 186 Å². The molecule has 156 valence electrons. The molecule has 1 aliphatic carbocycles. The van der Waals surface area contributed by atoms with Crippen LogP contribution in [0.3, 0.4) is 0 Å². The Balaban J connectivity index is 1.46. The third kappa shape index (κ3) is 3.57. The number of hydrogen-bond acceptors (Lipinski definition) is 2. The van der Waals surface area contributed by atoms with E-state index in [9.17, 15) is 4.79 Å². The van der Waals surface area contributed by atoms with Crippen molar-refractivity contribution in [1.82, 2.24) is 0 Å². The van der Waals surface area contributed by atoms with E-state index in [1.807, 2.05) is 26.0 Å². The summed E-state index contributed by atoms with van der Waals surface area (Å²) in [6, 6.07) is 25.3. The number of allylic oxidation sites excluding steroid dienone is 1. The highest BCUT2D eigenvalue weighted by Crippen LogP contribution is 2.48. The number of carbonyl (C=O) groups is 1. The highest BCUT2D eigenvalue weighted by Gasteiger charge is 2.35. The van der Waals surface area contributed by atoms with Crippen LogP contribution in [-0.2, 0) is 4.74 Å². The second-order valence-electron chi connectivity index (χ2n) is 9.02. The average molecular weight is 428 g/mol. The molecule has 0 aliphatic heterocycles. The maximum atomic E-state index is 12.9. The first-order valence-electron chi connectivity index (χ1n) is 10.9. The molecule has 3 heteroatoms. The summed E-state index contributed by atoms with van der Waals surface area (Å²) in [4.78, 5) is 14.1. The van der Waals surface area contributed by atoms with Crippen LogP contribution in [0.5, 0.6) is 0 Å². The quantitative estimate of drug-likeness (QED) is 0.188. The predicted molar refractivity (Wildman–Crippen MR) is 131 cm³/mol. The van der Waals surface area contributed by atoms with Gasteiger partial charge in [0, 0.05) is 27.2 Å². The van der Waals surface area contributed by atoms with Crippen LogP contribution < -0.4 is 0 Å². The summed E-state index contributed by atoms with van der Waals surface area (Å²) < 4.78 is 8.64. The van der Waals surface area contributed by atoms with Crippen LogP contribution >= 0.6 is 10.5 Å². The number of rotatable bonds is 4. The molecule has 3 aromatic carbocycles. The second kappa shape index (κ2) is 7.65. The van der Waals surface area contributed by atoms with Crippen molar-refractivity contribution in [2.24, 2.45) is 11.8 Å². The molecule has 2 nitrogen and oxygen atoms in total. The first-order valence-corrected chi connectivity index (χ1v) is 12.1. The molecule has 0 saturated heterocycles. The van der Waals surface area contributed by atoms with Crippen LogP contribution in [-0.4, -0.2) is 11.6 Å². The number of fused-ring (bicyclic) bond motifs is 3. The molecule has 2 unspecified atom stereocenters. The molecule has 5 rings (SSSR count). The fraction of sp³-hybridized carbons (Fsp3) is 0.250. The van der Waals surface area contributed by atoms with E-state index in [0.29, 0.717) is 11.5 Å². The lowest BCUT2D eigenvalue weighted by Crippen LogP contribution is -2.35. The van der Waals surface area contributed by atoms with Crippen LogP contribution in [0.1, 0.15) is 37.6 Å². The Morgan fingerprint density at radius 3 is 2.00 bits per heavy atom. The van der Waals surface area contributed by atoms with Crippen molar-refractivity contribution >= 4 is 36.6 Å². The van der Waals surface area contributed by atoms with E-state index in [1.165, 1.54) is 25.1 Å². The van der Waals surface area contributed by atoms with Gasteiger partial charge in [0.2, 0.25) is 0 Å². The van der Waals surface area contributed by atoms with E-state index in [2.05, 4.69) is 79.7 Å². The smallest absolute Gasteiger partial charge is 0.338 e. The number of benzene rings is 3. The van der Waals surface area contributed by atoms with E-state index < -0.39 is 5.60 Å². The molecule has 2 atom stereocenters. The Morgan fingerprint density at radius 1 is 0.871 bits per heavy atom. The Bertz CT molecular complexity index is 1240. The van der Waals surface area contributed by atoms with Gasteiger partial charge in [-0.25, -0.2) is 4.79 Å².